The predicted octanol–water partition coefficient (Wildman–Crippen LogP) is 3.84. The number of piperidine rings is 1. The molecule has 0 bridgehead atoms. The molecule has 1 aromatic carbocycles. The number of hydrogen-bond acceptors (Lipinski definition) is 4. The zero-order valence-electron chi connectivity index (χ0n) is 19.5. The van der Waals surface area contributed by atoms with Gasteiger partial charge in [-0.25, -0.2) is 9.37 Å². The Morgan fingerprint density at radius 2 is 1.79 bits per heavy atom. The van der Waals surface area contributed by atoms with E-state index in [0.717, 1.165) is 17.8 Å². The SMILES string of the molecule is O=C(NCC1CCCCC1)C1CCN(C(=O)c2ncn3c2CO[C@@H](c2ccc(F)cc2)C3)CC1. The van der Waals surface area contributed by atoms with E-state index in [4.69, 9.17) is 4.74 Å². The van der Waals surface area contributed by atoms with E-state index >= 15 is 0 Å². The summed E-state index contributed by atoms with van der Waals surface area (Å²) in [5.41, 5.74) is 2.10. The number of nitrogens with zero attached hydrogens (tertiary/aromatic N) is 3. The van der Waals surface area contributed by atoms with Gasteiger partial charge < -0.3 is 19.5 Å². The van der Waals surface area contributed by atoms with Crippen molar-refractivity contribution in [1.82, 2.24) is 19.8 Å². The van der Waals surface area contributed by atoms with Crippen molar-refractivity contribution in [3.63, 3.8) is 0 Å². The third-order valence-corrected chi connectivity index (χ3v) is 7.62. The van der Waals surface area contributed by atoms with Crippen LogP contribution in [0.2, 0.25) is 0 Å². The minimum absolute atomic E-state index is 0.0247. The molecule has 1 aromatic heterocycles. The lowest BCUT2D eigenvalue weighted by Crippen LogP contribution is -2.44. The fourth-order valence-electron chi connectivity index (χ4n) is 5.46. The van der Waals surface area contributed by atoms with E-state index < -0.39 is 0 Å². The third kappa shape index (κ3) is 5.02. The molecule has 0 unspecified atom stereocenters. The molecule has 3 aliphatic rings. The molecule has 0 spiro atoms. The van der Waals surface area contributed by atoms with Gasteiger partial charge in [0.2, 0.25) is 5.91 Å². The van der Waals surface area contributed by atoms with Crippen LogP contribution in [0.1, 0.15) is 72.8 Å². The van der Waals surface area contributed by atoms with Gasteiger partial charge in [-0.2, -0.15) is 0 Å². The van der Waals surface area contributed by atoms with E-state index in [1.165, 1.54) is 44.2 Å². The highest BCUT2D eigenvalue weighted by Crippen LogP contribution is 2.29. The van der Waals surface area contributed by atoms with Gasteiger partial charge in [0, 0.05) is 25.6 Å². The zero-order valence-corrected chi connectivity index (χ0v) is 19.5. The van der Waals surface area contributed by atoms with E-state index in [2.05, 4.69) is 10.3 Å². The van der Waals surface area contributed by atoms with E-state index in [-0.39, 0.29) is 36.3 Å². The Balaban J connectivity index is 1.14. The number of benzene rings is 1. The number of rotatable bonds is 5. The molecule has 7 nitrogen and oxygen atoms in total. The van der Waals surface area contributed by atoms with Crippen molar-refractivity contribution in [2.24, 2.45) is 11.8 Å². The second-order valence-electron chi connectivity index (χ2n) is 9.86. The lowest BCUT2D eigenvalue weighted by molar-refractivity contribution is -0.126. The maximum atomic E-state index is 13.2. The highest BCUT2D eigenvalue weighted by Gasteiger charge is 2.32. The van der Waals surface area contributed by atoms with Gasteiger partial charge in [0.15, 0.2) is 5.69 Å². The van der Waals surface area contributed by atoms with Gasteiger partial charge in [0.1, 0.15) is 11.9 Å². The van der Waals surface area contributed by atoms with E-state index in [1.807, 2.05) is 4.57 Å². The van der Waals surface area contributed by atoms with E-state index in [0.29, 0.717) is 44.1 Å². The molecule has 34 heavy (non-hydrogen) atoms. The first kappa shape index (κ1) is 23.0. The normalized spacial score (nSPS) is 21.8. The average Bonchev–Trinajstić information content (AvgIpc) is 3.31. The van der Waals surface area contributed by atoms with E-state index in [9.17, 15) is 14.0 Å². The molecule has 3 heterocycles. The first-order valence-electron chi connectivity index (χ1n) is 12.6. The summed E-state index contributed by atoms with van der Waals surface area (Å²) in [4.78, 5) is 32.0. The molecule has 8 heteroatoms. The number of nitrogens with one attached hydrogen (secondary N) is 1. The molecule has 5 rings (SSSR count). The molecular weight excluding hydrogens is 435 g/mol. The number of aromatic nitrogens is 2. The van der Waals surface area contributed by atoms with Gasteiger partial charge in [-0.3, -0.25) is 9.59 Å². The van der Waals surface area contributed by atoms with Crippen LogP contribution in [-0.2, 0) is 22.7 Å². The van der Waals surface area contributed by atoms with Gasteiger partial charge in [-0.15, -0.1) is 0 Å². The number of halogens is 1. The summed E-state index contributed by atoms with van der Waals surface area (Å²) in [6.45, 7) is 2.72. The van der Waals surface area contributed by atoms with Gasteiger partial charge in [0.25, 0.3) is 5.91 Å². The maximum absolute atomic E-state index is 13.2. The topological polar surface area (TPSA) is 76.5 Å². The molecule has 2 fully saturated rings. The molecular formula is C26H33FN4O3. The van der Waals surface area contributed by atoms with Crippen LogP contribution in [0, 0.1) is 17.7 Å². The molecule has 182 valence electrons. The smallest absolute Gasteiger partial charge is 0.274 e. The highest BCUT2D eigenvalue weighted by atomic mass is 19.1. The molecule has 2 amide bonds. The first-order chi connectivity index (χ1) is 16.6. The van der Waals surface area contributed by atoms with Gasteiger partial charge in [-0.05, 0) is 49.3 Å². The number of amides is 2. The Hall–Kier alpha value is -2.74. The lowest BCUT2D eigenvalue weighted by atomic mass is 9.89. The first-order valence-corrected chi connectivity index (χ1v) is 12.6. The van der Waals surface area contributed by atoms with Gasteiger partial charge in [-0.1, -0.05) is 31.4 Å². The molecule has 1 aliphatic carbocycles. The number of hydrogen-bond donors (Lipinski definition) is 1. The van der Waals surface area contributed by atoms with Crippen LogP contribution in [0.3, 0.4) is 0 Å². The fraction of sp³-hybridized carbons (Fsp3) is 0.577. The number of fused-ring (bicyclic) bond motifs is 1. The van der Waals surface area contributed by atoms with Crippen LogP contribution in [0.25, 0.3) is 0 Å². The predicted molar refractivity (Wildman–Crippen MR) is 124 cm³/mol. The molecule has 1 saturated carbocycles. The minimum Gasteiger partial charge on any atom is -0.365 e. The Morgan fingerprint density at radius 3 is 2.53 bits per heavy atom. The quantitative estimate of drug-likeness (QED) is 0.723. The molecule has 1 atom stereocenters. The summed E-state index contributed by atoms with van der Waals surface area (Å²) in [6.07, 6.45) is 9.15. The monoisotopic (exact) mass is 468 g/mol. The fourth-order valence-corrected chi connectivity index (χ4v) is 5.46. The molecule has 2 aliphatic heterocycles. The summed E-state index contributed by atoms with van der Waals surface area (Å²) in [5, 5.41) is 3.16. The number of carbonyl (C=O) groups excluding carboxylic acids is 2. The zero-order chi connectivity index (χ0) is 23.5. The molecule has 0 radical (unpaired) electrons. The van der Waals surface area contributed by atoms with Crippen molar-refractivity contribution in [1.29, 1.82) is 0 Å². The van der Waals surface area contributed by atoms with Gasteiger partial charge in [0.05, 0.1) is 25.2 Å². The van der Waals surface area contributed by atoms with Crippen LogP contribution in [0.15, 0.2) is 30.6 Å². The summed E-state index contributed by atoms with van der Waals surface area (Å²) < 4.78 is 21.2. The highest BCUT2D eigenvalue weighted by molar-refractivity contribution is 5.93. The van der Waals surface area contributed by atoms with Crippen LogP contribution in [0.5, 0.6) is 0 Å². The minimum atomic E-state index is -0.277. The largest absolute Gasteiger partial charge is 0.365 e. The Bertz CT molecular complexity index is 1010. The Labute approximate surface area is 199 Å². The number of ether oxygens (including phenoxy) is 1. The van der Waals surface area contributed by atoms with Crippen molar-refractivity contribution in [3.8, 4) is 0 Å². The Morgan fingerprint density at radius 1 is 1.06 bits per heavy atom. The molecule has 2 aromatic rings. The second kappa shape index (κ2) is 10.3. The lowest BCUT2D eigenvalue weighted by Gasteiger charge is -2.32. The summed E-state index contributed by atoms with van der Waals surface area (Å²) in [5.74, 6) is 0.358. The van der Waals surface area contributed by atoms with Gasteiger partial charge >= 0.3 is 0 Å². The third-order valence-electron chi connectivity index (χ3n) is 7.62. The number of likely N-dealkylation sites (tertiary alicyclic amines) is 1. The number of imidazole rings is 1. The van der Waals surface area contributed by atoms with Crippen molar-refractivity contribution in [2.75, 3.05) is 19.6 Å². The average molecular weight is 469 g/mol. The van der Waals surface area contributed by atoms with Crippen LogP contribution >= 0.6 is 0 Å². The van der Waals surface area contributed by atoms with Crippen LogP contribution < -0.4 is 5.32 Å². The van der Waals surface area contributed by atoms with Crippen molar-refractivity contribution in [2.45, 2.75) is 64.2 Å². The summed E-state index contributed by atoms with van der Waals surface area (Å²) in [7, 11) is 0. The van der Waals surface area contributed by atoms with Crippen molar-refractivity contribution in [3.05, 3.63) is 53.4 Å². The van der Waals surface area contributed by atoms with Crippen LogP contribution in [0.4, 0.5) is 4.39 Å². The molecule has 1 N–H and O–H groups in total. The standard InChI is InChI=1S/C26H33FN4O3/c27-21-8-6-19(7-9-21)23-15-31-17-29-24(22(31)16-34-23)26(33)30-12-10-20(11-13-30)25(32)28-14-18-4-2-1-3-5-18/h6-9,17-18,20,23H,1-5,10-16H2,(H,28,32)/t23-/m1/s1. The second-order valence-corrected chi connectivity index (χ2v) is 9.86. The molecule has 1 saturated heterocycles. The summed E-state index contributed by atoms with van der Waals surface area (Å²) >= 11 is 0. The number of carbonyl (C=O) groups is 2. The van der Waals surface area contributed by atoms with Crippen LogP contribution in [-0.4, -0.2) is 45.9 Å². The van der Waals surface area contributed by atoms with Crippen molar-refractivity contribution < 1.29 is 18.7 Å². The summed E-state index contributed by atoms with van der Waals surface area (Å²) in [6, 6.07) is 6.31. The van der Waals surface area contributed by atoms with Crippen molar-refractivity contribution >= 4 is 11.8 Å². The maximum Gasteiger partial charge on any atom is 0.274 e. The Kier molecular flexibility index (Phi) is 6.94. The van der Waals surface area contributed by atoms with E-state index in [1.54, 1.807) is 23.4 Å².